The van der Waals surface area contributed by atoms with E-state index in [0.717, 1.165) is 37.9 Å². The Kier molecular flexibility index (Phi) is 3.46. The van der Waals surface area contributed by atoms with E-state index in [2.05, 4.69) is 9.97 Å². The van der Waals surface area contributed by atoms with Gasteiger partial charge in [-0.05, 0) is 25.7 Å². The van der Waals surface area contributed by atoms with E-state index in [1.807, 2.05) is 0 Å². The zero-order chi connectivity index (χ0) is 14.2. The maximum Gasteiger partial charge on any atom is 0.256 e. The summed E-state index contributed by atoms with van der Waals surface area (Å²) in [7, 11) is 1.78. The molecule has 20 heavy (non-hydrogen) atoms. The zero-order valence-corrected chi connectivity index (χ0v) is 11.9. The van der Waals surface area contributed by atoms with Crippen LogP contribution in [0, 0.1) is 5.41 Å². The summed E-state index contributed by atoms with van der Waals surface area (Å²) in [6.07, 6.45) is 8.72. The van der Waals surface area contributed by atoms with Crippen LogP contribution in [-0.4, -0.2) is 46.1 Å². The summed E-state index contributed by atoms with van der Waals surface area (Å²) in [6, 6.07) is 0. The van der Waals surface area contributed by atoms with Gasteiger partial charge in [0.15, 0.2) is 0 Å². The molecule has 2 aliphatic rings. The maximum atomic E-state index is 12.3. The average Bonchev–Trinajstić information content (AvgIpc) is 3.26. The van der Waals surface area contributed by atoms with Crippen LogP contribution in [0.2, 0.25) is 0 Å². The van der Waals surface area contributed by atoms with E-state index in [4.69, 9.17) is 0 Å². The van der Waals surface area contributed by atoms with E-state index < -0.39 is 0 Å². The lowest BCUT2D eigenvalue weighted by Gasteiger charge is -2.42. The molecule has 0 bridgehead atoms. The van der Waals surface area contributed by atoms with Crippen LogP contribution >= 0.6 is 0 Å². The number of aliphatic hydroxyl groups excluding tert-OH is 1. The van der Waals surface area contributed by atoms with Gasteiger partial charge in [-0.15, -0.1) is 0 Å². The molecule has 1 amide bonds. The van der Waals surface area contributed by atoms with Gasteiger partial charge in [0.25, 0.3) is 5.91 Å². The Morgan fingerprint density at radius 2 is 2.05 bits per heavy atom. The first-order valence-corrected chi connectivity index (χ1v) is 7.32. The normalized spacial score (nSPS) is 20.3. The molecule has 1 N–H and O–H groups in total. The van der Waals surface area contributed by atoms with Gasteiger partial charge in [-0.2, -0.15) is 0 Å². The van der Waals surface area contributed by atoms with E-state index in [1.165, 1.54) is 0 Å². The smallest absolute Gasteiger partial charge is 0.256 e. The van der Waals surface area contributed by atoms with Gasteiger partial charge >= 0.3 is 0 Å². The Balaban J connectivity index is 1.64. The van der Waals surface area contributed by atoms with E-state index in [-0.39, 0.29) is 17.9 Å². The van der Waals surface area contributed by atoms with Crippen molar-refractivity contribution in [1.82, 2.24) is 14.9 Å². The molecule has 2 fully saturated rings. The number of carbonyl (C=O) groups is 1. The number of aliphatic hydroxyl groups is 1. The molecular formula is C15H21N3O2. The van der Waals surface area contributed by atoms with Crippen LogP contribution in [0.3, 0.4) is 0 Å². The minimum Gasteiger partial charge on any atom is -0.396 e. The second-order valence-electron chi connectivity index (χ2n) is 6.28. The first-order valence-electron chi connectivity index (χ1n) is 7.32. The number of hydrogen-bond donors (Lipinski definition) is 1. The minimum atomic E-state index is -0.0841. The SMILES string of the molecule is CN(CC1(CO)CCC1)C(=O)c1cnc(C2CC2)nc1. The summed E-state index contributed by atoms with van der Waals surface area (Å²) < 4.78 is 0. The Morgan fingerprint density at radius 3 is 2.50 bits per heavy atom. The zero-order valence-electron chi connectivity index (χ0n) is 11.9. The molecule has 0 unspecified atom stereocenters. The quantitative estimate of drug-likeness (QED) is 0.886. The molecule has 108 valence electrons. The van der Waals surface area contributed by atoms with E-state index in [0.29, 0.717) is 18.0 Å². The molecule has 0 spiro atoms. The summed E-state index contributed by atoms with van der Waals surface area (Å²) in [4.78, 5) is 22.6. The lowest BCUT2D eigenvalue weighted by molar-refractivity contribution is 0.0146. The molecule has 5 heteroatoms. The third kappa shape index (κ3) is 2.54. The Bertz CT molecular complexity index is 487. The molecule has 0 aromatic carbocycles. The largest absolute Gasteiger partial charge is 0.396 e. The molecule has 2 saturated carbocycles. The Morgan fingerprint density at radius 1 is 1.40 bits per heavy atom. The fraction of sp³-hybridized carbons (Fsp3) is 0.667. The molecule has 0 saturated heterocycles. The number of nitrogens with zero attached hydrogens (tertiary/aromatic N) is 3. The van der Waals surface area contributed by atoms with Crippen LogP contribution in [-0.2, 0) is 0 Å². The highest BCUT2D eigenvalue weighted by molar-refractivity contribution is 5.93. The van der Waals surface area contributed by atoms with Gasteiger partial charge in [0.1, 0.15) is 5.82 Å². The van der Waals surface area contributed by atoms with Crippen LogP contribution in [0.15, 0.2) is 12.4 Å². The number of hydrogen-bond acceptors (Lipinski definition) is 4. The Labute approximate surface area is 119 Å². The molecule has 3 rings (SSSR count). The van der Waals surface area contributed by atoms with E-state index in [9.17, 15) is 9.90 Å². The van der Waals surface area contributed by atoms with Gasteiger partial charge in [-0.25, -0.2) is 9.97 Å². The van der Waals surface area contributed by atoms with E-state index in [1.54, 1.807) is 24.3 Å². The molecule has 1 heterocycles. The molecule has 0 atom stereocenters. The highest BCUT2D eigenvalue weighted by Crippen LogP contribution is 2.41. The number of carbonyl (C=O) groups excluding carboxylic acids is 1. The van der Waals surface area contributed by atoms with Crippen molar-refractivity contribution in [2.75, 3.05) is 20.2 Å². The summed E-state index contributed by atoms with van der Waals surface area (Å²) in [6.45, 7) is 0.758. The molecule has 5 nitrogen and oxygen atoms in total. The van der Waals surface area contributed by atoms with Crippen LogP contribution in [0.1, 0.15) is 54.2 Å². The third-order valence-electron chi connectivity index (χ3n) is 4.53. The van der Waals surface area contributed by atoms with Crippen molar-refractivity contribution in [1.29, 1.82) is 0 Å². The Hall–Kier alpha value is -1.49. The summed E-state index contributed by atoms with van der Waals surface area (Å²) in [5.41, 5.74) is 0.448. The fourth-order valence-electron chi connectivity index (χ4n) is 2.84. The van der Waals surface area contributed by atoms with Crippen LogP contribution in [0.4, 0.5) is 0 Å². The summed E-state index contributed by atoms with van der Waals surface area (Å²) in [5.74, 6) is 1.30. The van der Waals surface area contributed by atoms with Crippen molar-refractivity contribution in [2.24, 2.45) is 5.41 Å². The van der Waals surface area contributed by atoms with Gasteiger partial charge in [0.2, 0.25) is 0 Å². The van der Waals surface area contributed by atoms with Crippen LogP contribution in [0.5, 0.6) is 0 Å². The van der Waals surface area contributed by atoms with Crippen molar-refractivity contribution < 1.29 is 9.90 Å². The molecule has 1 aromatic heterocycles. The second-order valence-corrected chi connectivity index (χ2v) is 6.28. The van der Waals surface area contributed by atoms with Crippen molar-refractivity contribution >= 4 is 5.91 Å². The van der Waals surface area contributed by atoms with Gasteiger partial charge in [0.05, 0.1) is 12.2 Å². The topological polar surface area (TPSA) is 66.3 Å². The van der Waals surface area contributed by atoms with Crippen LogP contribution < -0.4 is 0 Å². The standard InChI is InChI=1S/C15H21N3O2/c1-18(9-15(10-19)5-2-6-15)14(20)12-7-16-13(17-8-12)11-3-4-11/h7-8,11,19H,2-6,9-10H2,1H3. The van der Waals surface area contributed by atoms with Crippen molar-refractivity contribution in [3.05, 3.63) is 23.8 Å². The average molecular weight is 275 g/mol. The number of aromatic nitrogens is 2. The molecule has 0 radical (unpaired) electrons. The predicted octanol–water partition coefficient (Wildman–Crippen LogP) is 1.59. The lowest BCUT2D eigenvalue weighted by atomic mass is 9.69. The monoisotopic (exact) mass is 275 g/mol. The summed E-state index contributed by atoms with van der Waals surface area (Å²) >= 11 is 0. The number of rotatable bonds is 5. The van der Waals surface area contributed by atoms with Gasteiger partial charge in [-0.3, -0.25) is 4.79 Å². The van der Waals surface area contributed by atoms with Gasteiger partial charge in [0, 0.05) is 37.3 Å². The predicted molar refractivity (Wildman–Crippen MR) is 74.3 cm³/mol. The van der Waals surface area contributed by atoms with E-state index >= 15 is 0 Å². The minimum absolute atomic E-state index is 0.0629. The highest BCUT2D eigenvalue weighted by atomic mass is 16.3. The van der Waals surface area contributed by atoms with Crippen molar-refractivity contribution in [2.45, 2.75) is 38.0 Å². The first kappa shape index (κ1) is 13.5. The fourth-order valence-corrected chi connectivity index (χ4v) is 2.84. The lowest BCUT2D eigenvalue weighted by Crippen LogP contribution is -2.45. The second kappa shape index (κ2) is 5.13. The summed E-state index contributed by atoms with van der Waals surface area (Å²) in [5, 5.41) is 9.48. The highest BCUT2D eigenvalue weighted by Gasteiger charge is 2.38. The molecular weight excluding hydrogens is 254 g/mol. The number of amides is 1. The van der Waals surface area contributed by atoms with Crippen molar-refractivity contribution in [3.8, 4) is 0 Å². The molecule has 2 aliphatic carbocycles. The maximum absolute atomic E-state index is 12.3. The first-order chi connectivity index (χ1) is 9.63. The third-order valence-corrected chi connectivity index (χ3v) is 4.53. The van der Waals surface area contributed by atoms with Crippen LogP contribution in [0.25, 0.3) is 0 Å². The molecule has 0 aliphatic heterocycles. The van der Waals surface area contributed by atoms with Gasteiger partial charge in [-0.1, -0.05) is 6.42 Å². The van der Waals surface area contributed by atoms with Gasteiger partial charge < -0.3 is 10.0 Å². The molecule has 1 aromatic rings. The van der Waals surface area contributed by atoms with Crippen molar-refractivity contribution in [3.63, 3.8) is 0 Å².